The number of benzene rings is 1. The van der Waals surface area contributed by atoms with Crippen molar-refractivity contribution in [2.75, 3.05) is 31.5 Å². The van der Waals surface area contributed by atoms with E-state index in [9.17, 15) is 14.4 Å². The van der Waals surface area contributed by atoms with Gasteiger partial charge in [-0.25, -0.2) is 0 Å². The number of ether oxygens (including phenoxy) is 1. The molecule has 2 N–H and O–H groups in total. The molecule has 1 aliphatic carbocycles. The summed E-state index contributed by atoms with van der Waals surface area (Å²) in [6, 6.07) is 6.97. The van der Waals surface area contributed by atoms with Gasteiger partial charge in [0, 0.05) is 24.8 Å². The monoisotopic (exact) mass is 536 g/mol. The van der Waals surface area contributed by atoms with E-state index in [0.29, 0.717) is 18.8 Å². The van der Waals surface area contributed by atoms with Gasteiger partial charge in [0.25, 0.3) is 0 Å². The summed E-state index contributed by atoms with van der Waals surface area (Å²) in [5.41, 5.74) is 0.678. The van der Waals surface area contributed by atoms with Crippen LogP contribution in [-0.4, -0.2) is 77.5 Å². The Kier molecular flexibility index (Phi) is 8.43. The standard InChI is InChI=1S/C31H44N4O4/c1-4-17-34(18-5-2)19-20-35-27(29(37)33-22-9-7-6-8-10-22)31-16-15-24(39-31)25(26(31)30(35)38)28(36)32-23-13-11-21(3)12-14-23/h11-16,22,24-27H,4-10,17-20H2,1-3H3,(H,32,36)(H,33,37)/t24-,25?,26-,27?,31?/m0/s1. The molecule has 212 valence electrons. The van der Waals surface area contributed by atoms with Gasteiger partial charge in [-0.3, -0.25) is 14.4 Å². The van der Waals surface area contributed by atoms with Gasteiger partial charge in [0.05, 0.1) is 17.9 Å². The molecule has 1 saturated carbocycles. The highest BCUT2D eigenvalue weighted by Crippen LogP contribution is 2.55. The van der Waals surface area contributed by atoms with Crippen molar-refractivity contribution in [2.45, 2.75) is 89.5 Å². The van der Waals surface area contributed by atoms with Gasteiger partial charge >= 0.3 is 0 Å². The maximum atomic E-state index is 14.2. The van der Waals surface area contributed by atoms with Crippen molar-refractivity contribution in [3.8, 4) is 0 Å². The number of anilines is 1. The Hall–Kier alpha value is -2.71. The second-order valence-electron chi connectivity index (χ2n) is 11.8. The van der Waals surface area contributed by atoms with Crippen molar-refractivity contribution in [3.05, 3.63) is 42.0 Å². The lowest BCUT2D eigenvalue weighted by atomic mass is 9.74. The van der Waals surface area contributed by atoms with Gasteiger partial charge in [0.1, 0.15) is 11.6 Å². The lowest BCUT2D eigenvalue weighted by Gasteiger charge is -2.35. The molecule has 1 aromatic rings. The number of carbonyl (C=O) groups is 3. The Balaban J connectivity index is 1.41. The van der Waals surface area contributed by atoms with Crippen LogP contribution < -0.4 is 10.6 Å². The summed E-state index contributed by atoms with van der Waals surface area (Å²) in [4.78, 5) is 45.8. The van der Waals surface area contributed by atoms with Crippen LogP contribution in [0.2, 0.25) is 0 Å². The molecule has 5 rings (SSSR count). The fourth-order valence-corrected chi connectivity index (χ4v) is 7.11. The van der Waals surface area contributed by atoms with Crippen LogP contribution in [0.25, 0.3) is 0 Å². The van der Waals surface area contributed by atoms with E-state index in [1.807, 2.05) is 43.3 Å². The molecule has 8 nitrogen and oxygen atoms in total. The molecule has 1 aromatic carbocycles. The topological polar surface area (TPSA) is 91.0 Å². The Morgan fingerprint density at radius 3 is 2.38 bits per heavy atom. The van der Waals surface area contributed by atoms with Crippen LogP contribution in [0, 0.1) is 18.8 Å². The van der Waals surface area contributed by atoms with Crippen molar-refractivity contribution < 1.29 is 19.1 Å². The number of rotatable bonds is 11. The number of likely N-dealkylation sites (tertiary alicyclic amines) is 1. The first-order valence-electron chi connectivity index (χ1n) is 15.0. The number of hydrogen-bond donors (Lipinski definition) is 2. The number of carbonyl (C=O) groups excluding carboxylic acids is 3. The zero-order chi connectivity index (χ0) is 27.6. The third-order valence-electron chi connectivity index (χ3n) is 8.93. The van der Waals surface area contributed by atoms with Gasteiger partial charge in [0.15, 0.2) is 0 Å². The van der Waals surface area contributed by atoms with Gasteiger partial charge in [-0.1, -0.05) is 63.0 Å². The molecule has 3 fully saturated rings. The van der Waals surface area contributed by atoms with E-state index >= 15 is 0 Å². The van der Waals surface area contributed by atoms with Crippen molar-refractivity contribution in [2.24, 2.45) is 11.8 Å². The fourth-order valence-electron chi connectivity index (χ4n) is 7.11. The third-order valence-corrected chi connectivity index (χ3v) is 8.93. The second kappa shape index (κ2) is 11.8. The number of aryl methyl sites for hydroxylation is 1. The first-order chi connectivity index (χ1) is 18.9. The molecule has 0 radical (unpaired) electrons. The van der Waals surface area contributed by atoms with Gasteiger partial charge < -0.3 is 25.2 Å². The third kappa shape index (κ3) is 5.38. The zero-order valence-electron chi connectivity index (χ0n) is 23.7. The van der Waals surface area contributed by atoms with E-state index in [-0.39, 0.29) is 23.8 Å². The molecule has 8 heteroatoms. The SMILES string of the molecule is CCCN(CCC)CCN1C(=O)[C@@H]2C(C(=O)Nc3ccc(C)cc3)[C@@H]3C=CC2(O3)C1C(=O)NC1CCCCC1. The molecule has 5 atom stereocenters. The van der Waals surface area contributed by atoms with Crippen LogP contribution in [0.15, 0.2) is 36.4 Å². The van der Waals surface area contributed by atoms with Crippen LogP contribution >= 0.6 is 0 Å². The molecular formula is C31H44N4O4. The molecule has 3 heterocycles. The lowest BCUT2D eigenvalue weighted by Crippen LogP contribution is -2.57. The van der Waals surface area contributed by atoms with Crippen molar-refractivity contribution in [3.63, 3.8) is 0 Å². The Morgan fingerprint density at radius 1 is 1.03 bits per heavy atom. The van der Waals surface area contributed by atoms with Crippen molar-refractivity contribution in [1.82, 2.24) is 15.1 Å². The van der Waals surface area contributed by atoms with Crippen molar-refractivity contribution in [1.29, 1.82) is 0 Å². The first kappa shape index (κ1) is 27.8. The molecule has 1 spiro atoms. The van der Waals surface area contributed by atoms with Gasteiger partial charge in [0.2, 0.25) is 17.7 Å². The molecule has 3 amide bonds. The van der Waals surface area contributed by atoms with E-state index in [1.54, 1.807) is 4.90 Å². The molecule has 2 bridgehead atoms. The highest BCUT2D eigenvalue weighted by molar-refractivity contribution is 6.02. The van der Waals surface area contributed by atoms with Gasteiger partial charge in [-0.15, -0.1) is 0 Å². The summed E-state index contributed by atoms with van der Waals surface area (Å²) in [6.45, 7) is 9.33. The molecule has 39 heavy (non-hydrogen) atoms. The number of nitrogens with zero attached hydrogens (tertiary/aromatic N) is 2. The molecule has 3 aliphatic heterocycles. The highest BCUT2D eigenvalue weighted by Gasteiger charge is 2.72. The normalized spacial score (nSPS) is 29.7. The van der Waals surface area contributed by atoms with Crippen LogP contribution in [0.4, 0.5) is 5.69 Å². The minimum Gasteiger partial charge on any atom is -0.359 e. The van der Waals surface area contributed by atoms with E-state index in [0.717, 1.165) is 57.2 Å². The zero-order valence-corrected chi connectivity index (χ0v) is 23.7. The molecule has 0 aromatic heterocycles. The lowest BCUT2D eigenvalue weighted by molar-refractivity contribution is -0.141. The highest BCUT2D eigenvalue weighted by atomic mass is 16.5. The largest absolute Gasteiger partial charge is 0.359 e. The van der Waals surface area contributed by atoms with E-state index < -0.39 is 29.6 Å². The minimum atomic E-state index is -1.11. The van der Waals surface area contributed by atoms with Gasteiger partial charge in [-0.05, 0) is 57.8 Å². The van der Waals surface area contributed by atoms with E-state index in [4.69, 9.17) is 4.74 Å². The maximum absolute atomic E-state index is 14.2. The molecule has 2 saturated heterocycles. The predicted molar refractivity (Wildman–Crippen MR) is 151 cm³/mol. The quantitative estimate of drug-likeness (QED) is 0.422. The number of amides is 3. The minimum absolute atomic E-state index is 0.124. The summed E-state index contributed by atoms with van der Waals surface area (Å²) in [5.74, 6) is -1.94. The molecule has 3 unspecified atom stereocenters. The number of hydrogen-bond acceptors (Lipinski definition) is 5. The first-order valence-corrected chi connectivity index (χ1v) is 15.0. The average Bonchev–Trinajstić information content (AvgIpc) is 3.56. The van der Waals surface area contributed by atoms with E-state index in [1.165, 1.54) is 6.42 Å². The van der Waals surface area contributed by atoms with Crippen LogP contribution in [0.1, 0.15) is 64.4 Å². The average molecular weight is 537 g/mol. The Labute approximate surface area is 232 Å². The van der Waals surface area contributed by atoms with Gasteiger partial charge in [-0.2, -0.15) is 0 Å². The number of fused-ring (bicyclic) bond motifs is 1. The summed E-state index contributed by atoms with van der Waals surface area (Å²) in [6.07, 6.45) is 10.7. The van der Waals surface area contributed by atoms with Crippen molar-refractivity contribution >= 4 is 23.4 Å². The summed E-state index contributed by atoms with van der Waals surface area (Å²) < 4.78 is 6.49. The van der Waals surface area contributed by atoms with Crippen LogP contribution in [0.5, 0.6) is 0 Å². The fraction of sp³-hybridized carbons (Fsp3) is 0.645. The number of nitrogens with one attached hydrogen (secondary N) is 2. The summed E-state index contributed by atoms with van der Waals surface area (Å²) in [5, 5.41) is 6.27. The maximum Gasteiger partial charge on any atom is 0.246 e. The van der Waals surface area contributed by atoms with Crippen LogP contribution in [-0.2, 0) is 19.1 Å². The Morgan fingerprint density at radius 2 is 1.72 bits per heavy atom. The smallest absolute Gasteiger partial charge is 0.246 e. The molecule has 4 aliphatic rings. The van der Waals surface area contributed by atoms with E-state index in [2.05, 4.69) is 29.4 Å². The predicted octanol–water partition coefficient (Wildman–Crippen LogP) is 3.66. The second-order valence-corrected chi connectivity index (χ2v) is 11.8. The van der Waals surface area contributed by atoms with Crippen LogP contribution in [0.3, 0.4) is 0 Å². The Bertz CT molecular complexity index is 1080. The molecular weight excluding hydrogens is 492 g/mol. The summed E-state index contributed by atoms with van der Waals surface area (Å²) >= 11 is 0. The summed E-state index contributed by atoms with van der Waals surface area (Å²) in [7, 11) is 0.